The Hall–Kier alpha value is -0.170. The van der Waals surface area contributed by atoms with Crippen LogP contribution in [0.1, 0.15) is 40.5 Å². The van der Waals surface area contributed by atoms with Crippen molar-refractivity contribution in [1.29, 1.82) is 0 Å². The van der Waals surface area contributed by atoms with Crippen molar-refractivity contribution < 1.29 is 13.2 Å². The molecule has 0 fully saturated rings. The summed E-state index contributed by atoms with van der Waals surface area (Å²) in [6, 6.07) is 0. The van der Waals surface area contributed by atoms with Gasteiger partial charge < -0.3 is 10.5 Å². The zero-order valence-corrected chi connectivity index (χ0v) is 12.1. The third kappa shape index (κ3) is 6.35. The number of sulfonamides is 1. The lowest BCUT2D eigenvalue weighted by molar-refractivity contribution is 0.0910. The molecule has 0 heterocycles. The number of nitrogens with one attached hydrogen (secondary N) is 1. The summed E-state index contributed by atoms with van der Waals surface area (Å²) in [7, 11) is -3.33. The molecule has 0 rings (SSSR count). The van der Waals surface area contributed by atoms with Crippen LogP contribution in [0.4, 0.5) is 0 Å². The van der Waals surface area contributed by atoms with E-state index in [9.17, 15) is 8.42 Å². The Labute approximate surface area is 105 Å². The Morgan fingerprint density at radius 2 is 1.82 bits per heavy atom. The highest BCUT2D eigenvalue weighted by Gasteiger charge is 2.29. The maximum absolute atomic E-state index is 11.9. The van der Waals surface area contributed by atoms with Crippen molar-refractivity contribution in [3.8, 4) is 0 Å². The molecular formula is C11H26N2O3S. The Kier molecular flexibility index (Phi) is 7.23. The number of hydrogen-bond donors (Lipinski definition) is 2. The van der Waals surface area contributed by atoms with Gasteiger partial charge in [-0.3, -0.25) is 0 Å². The minimum absolute atomic E-state index is 0.0209. The normalized spacial score (nSPS) is 13.3. The van der Waals surface area contributed by atoms with Crippen LogP contribution in [0.15, 0.2) is 0 Å². The van der Waals surface area contributed by atoms with Crippen LogP contribution in [0.25, 0.3) is 0 Å². The highest BCUT2D eigenvalue weighted by Crippen LogP contribution is 2.14. The van der Waals surface area contributed by atoms with Crippen LogP contribution in [0.3, 0.4) is 0 Å². The van der Waals surface area contributed by atoms with Gasteiger partial charge in [-0.05, 0) is 26.7 Å². The summed E-state index contributed by atoms with van der Waals surface area (Å²) in [4.78, 5) is 0. The third-order valence-electron chi connectivity index (χ3n) is 2.92. The average molecular weight is 266 g/mol. The van der Waals surface area contributed by atoms with Gasteiger partial charge in [0.05, 0.1) is 18.5 Å². The van der Waals surface area contributed by atoms with E-state index in [1.165, 1.54) is 0 Å². The monoisotopic (exact) mass is 266 g/mol. The Morgan fingerprint density at radius 1 is 1.29 bits per heavy atom. The van der Waals surface area contributed by atoms with Crippen molar-refractivity contribution in [2.24, 2.45) is 5.73 Å². The molecule has 0 unspecified atom stereocenters. The number of rotatable bonds is 9. The topological polar surface area (TPSA) is 81.4 Å². The molecule has 0 aromatic rings. The lowest BCUT2D eigenvalue weighted by Gasteiger charge is -2.31. The molecule has 6 heteroatoms. The maximum atomic E-state index is 11.9. The summed E-state index contributed by atoms with van der Waals surface area (Å²) < 4.78 is 31.7. The molecule has 0 atom stereocenters. The molecular weight excluding hydrogens is 240 g/mol. The summed E-state index contributed by atoms with van der Waals surface area (Å²) in [5.74, 6) is -0.0209. The Morgan fingerprint density at radius 3 is 2.18 bits per heavy atom. The number of ether oxygens (including phenoxy) is 1. The molecule has 0 radical (unpaired) electrons. The van der Waals surface area contributed by atoms with Crippen LogP contribution in [-0.2, 0) is 14.8 Å². The largest absolute Gasteiger partial charge is 0.378 e. The molecule has 0 aromatic heterocycles. The Balaban J connectivity index is 4.42. The number of nitrogens with two attached hydrogens (primary N) is 1. The molecule has 3 N–H and O–H groups in total. The summed E-state index contributed by atoms with van der Waals surface area (Å²) in [6.45, 7) is 8.14. The van der Waals surface area contributed by atoms with Gasteiger partial charge in [0.2, 0.25) is 10.0 Å². The van der Waals surface area contributed by atoms with Gasteiger partial charge in [0.15, 0.2) is 0 Å². The van der Waals surface area contributed by atoms with E-state index in [4.69, 9.17) is 10.5 Å². The second-order valence-electron chi connectivity index (χ2n) is 4.53. The van der Waals surface area contributed by atoms with Crippen LogP contribution in [0.5, 0.6) is 0 Å². The van der Waals surface area contributed by atoms with Crippen LogP contribution in [0.2, 0.25) is 0 Å². The van der Waals surface area contributed by atoms with Crippen molar-refractivity contribution in [1.82, 2.24) is 4.72 Å². The van der Waals surface area contributed by atoms with E-state index in [2.05, 4.69) is 4.72 Å². The summed E-state index contributed by atoms with van der Waals surface area (Å²) in [5, 5.41) is 0. The summed E-state index contributed by atoms with van der Waals surface area (Å²) in [6.07, 6.45) is 1.41. The van der Waals surface area contributed by atoms with Gasteiger partial charge in [0, 0.05) is 12.1 Å². The van der Waals surface area contributed by atoms with Crippen LogP contribution in [-0.4, -0.2) is 39.0 Å². The lowest BCUT2D eigenvalue weighted by atomic mass is 9.95. The lowest BCUT2D eigenvalue weighted by Crippen LogP contribution is -2.53. The van der Waals surface area contributed by atoms with Crippen molar-refractivity contribution >= 4 is 10.0 Å². The number of hydrogen-bond acceptors (Lipinski definition) is 4. The van der Waals surface area contributed by atoms with Crippen molar-refractivity contribution in [2.75, 3.05) is 18.9 Å². The van der Waals surface area contributed by atoms with Gasteiger partial charge in [0.25, 0.3) is 0 Å². The molecule has 104 valence electrons. The van der Waals surface area contributed by atoms with Gasteiger partial charge in [-0.1, -0.05) is 13.8 Å². The van der Waals surface area contributed by atoms with E-state index in [0.29, 0.717) is 19.4 Å². The van der Waals surface area contributed by atoms with Gasteiger partial charge in [-0.2, -0.15) is 0 Å². The highest BCUT2D eigenvalue weighted by atomic mass is 32.2. The van der Waals surface area contributed by atoms with Gasteiger partial charge in [-0.15, -0.1) is 0 Å². The molecule has 0 bridgehead atoms. The maximum Gasteiger partial charge on any atom is 0.214 e. The molecule has 17 heavy (non-hydrogen) atoms. The van der Waals surface area contributed by atoms with E-state index >= 15 is 0 Å². The molecule has 0 amide bonds. The minimum atomic E-state index is -3.33. The second kappa shape index (κ2) is 7.31. The average Bonchev–Trinajstić information content (AvgIpc) is 2.25. The molecule has 0 aliphatic carbocycles. The van der Waals surface area contributed by atoms with E-state index < -0.39 is 15.6 Å². The SMILES string of the molecule is CCC(CC)(CN)NS(=O)(=O)CCOC(C)C. The molecule has 5 nitrogen and oxygen atoms in total. The van der Waals surface area contributed by atoms with E-state index in [0.717, 1.165) is 0 Å². The third-order valence-corrected chi connectivity index (χ3v) is 4.37. The molecule has 0 saturated carbocycles. The molecule has 0 aliphatic rings. The molecule has 0 spiro atoms. The van der Waals surface area contributed by atoms with Crippen LogP contribution < -0.4 is 10.5 Å². The van der Waals surface area contributed by atoms with Crippen molar-refractivity contribution in [3.63, 3.8) is 0 Å². The van der Waals surface area contributed by atoms with Crippen LogP contribution in [0, 0.1) is 0 Å². The second-order valence-corrected chi connectivity index (χ2v) is 6.37. The van der Waals surface area contributed by atoms with E-state index in [1.807, 2.05) is 27.7 Å². The quantitative estimate of drug-likeness (QED) is 0.648. The molecule has 0 aromatic carbocycles. The first-order valence-electron chi connectivity index (χ1n) is 6.14. The van der Waals surface area contributed by atoms with Gasteiger partial charge >= 0.3 is 0 Å². The fourth-order valence-electron chi connectivity index (χ4n) is 1.50. The zero-order chi connectivity index (χ0) is 13.5. The predicted molar refractivity (Wildman–Crippen MR) is 70.4 cm³/mol. The summed E-state index contributed by atoms with van der Waals surface area (Å²) in [5.41, 5.74) is 5.14. The molecule has 0 saturated heterocycles. The van der Waals surface area contributed by atoms with E-state index in [-0.39, 0.29) is 18.5 Å². The fourth-order valence-corrected chi connectivity index (χ4v) is 2.95. The predicted octanol–water partition coefficient (Wildman–Crippen LogP) is 0.848. The van der Waals surface area contributed by atoms with Crippen LogP contribution >= 0.6 is 0 Å². The van der Waals surface area contributed by atoms with Crippen molar-refractivity contribution in [3.05, 3.63) is 0 Å². The minimum Gasteiger partial charge on any atom is -0.378 e. The zero-order valence-electron chi connectivity index (χ0n) is 11.3. The molecule has 0 aliphatic heterocycles. The first-order chi connectivity index (χ1) is 7.81. The standard InChI is InChI=1S/C11H26N2O3S/c1-5-11(6-2,9-12)13-17(14,15)8-7-16-10(3)4/h10,13H,5-9,12H2,1-4H3. The smallest absolute Gasteiger partial charge is 0.214 e. The fraction of sp³-hybridized carbons (Fsp3) is 1.00. The van der Waals surface area contributed by atoms with E-state index in [1.54, 1.807) is 0 Å². The summed E-state index contributed by atoms with van der Waals surface area (Å²) >= 11 is 0. The van der Waals surface area contributed by atoms with Gasteiger partial charge in [0.1, 0.15) is 0 Å². The Bertz CT molecular complexity index is 290. The first kappa shape index (κ1) is 16.8. The first-order valence-corrected chi connectivity index (χ1v) is 7.79. The van der Waals surface area contributed by atoms with Gasteiger partial charge in [-0.25, -0.2) is 13.1 Å². The van der Waals surface area contributed by atoms with Crippen molar-refractivity contribution in [2.45, 2.75) is 52.2 Å². The highest BCUT2D eigenvalue weighted by molar-refractivity contribution is 7.89.